The van der Waals surface area contributed by atoms with Gasteiger partial charge in [0, 0.05) is 16.6 Å². The quantitative estimate of drug-likeness (QED) is 0.467. The van der Waals surface area contributed by atoms with E-state index in [-0.39, 0.29) is 0 Å². The SMILES string of the molecule is Nc1c(Nc2cccc3ccccc23)cccc1-c1ccccc1. The van der Waals surface area contributed by atoms with Crippen LogP contribution in [-0.4, -0.2) is 0 Å². The minimum absolute atomic E-state index is 0.761. The zero-order chi connectivity index (χ0) is 16.4. The van der Waals surface area contributed by atoms with Gasteiger partial charge in [0.05, 0.1) is 11.4 Å². The summed E-state index contributed by atoms with van der Waals surface area (Å²) in [7, 11) is 0. The van der Waals surface area contributed by atoms with Gasteiger partial charge < -0.3 is 11.1 Å². The Kier molecular flexibility index (Phi) is 3.64. The minimum atomic E-state index is 0.761. The lowest BCUT2D eigenvalue weighted by molar-refractivity contribution is 1.55. The lowest BCUT2D eigenvalue weighted by Crippen LogP contribution is -1.99. The molecule has 0 saturated heterocycles. The summed E-state index contributed by atoms with van der Waals surface area (Å²) >= 11 is 0. The van der Waals surface area contributed by atoms with Gasteiger partial charge in [0.15, 0.2) is 0 Å². The van der Waals surface area contributed by atoms with E-state index in [9.17, 15) is 0 Å². The van der Waals surface area contributed by atoms with E-state index >= 15 is 0 Å². The number of para-hydroxylation sites is 1. The highest BCUT2D eigenvalue weighted by Crippen LogP contribution is 2.34. The maximum Gasteiger partial charge on any atom is 0.0633 e. The van der Waals surface area contributed by atoms with Gasteiger partial charge in [-0.05, 0) is 23.1 Å². The van der Waals surface area contributed by atoms with Crippen LogP contribution in [0.2, 0.25) is 0 Å². The summed E-state index contributed by atoms with van der Waals surface area (Å²) in [5, 5.41) is 5.89. The molecule has 0 spiro atoms. The Labute approximate surface area is 141 Å². The van der Waals surface area contributed by atoms with Crippen molar-refractivity contribution in [2.24, 2.45) is 0 Å². The van der Waals surface area contributed by atoms with Crippen LogP contribution in [-0.2, 0) is 0 Å². The number of benzene rings is 4. The first-order valence-electron chi connectivity index (χ1n) is 8.01. The van der Waals surface area contributed by atoms with Gasteiger partial charge in [0.1, 0.15) is 0 Å². The number of hydrogen-bond acceptors (Lipinski definition) is 2. The Hall–Kier alpha value is -3.26. The summed E-state index contributed by atoms with van der Waals surface area (Å²) in [6, 6.07) is 30.9. The summed E-state index contributed by atoms with van der Waals surface area (Å²) < 4.78 is 0. The fraction of sp³-hybridized carbons (Fsp3) is 0. The first-order valence-corrected chi connectivity index (χ1v) is 8.01. The molecular formula is C22H18N2. The third-order valence-electron chi connectivity index (χ3n) is 4.25. The molecule has 4 aromatic carbocycles. The van der Waals surface area contributed by atoms with E-state index in [1.54, 1.807) is 0 Å². The second-order valence-corrected chi connectivity index (χ2v) is 5.78. The molecule has 3 N–H and O–H groups in total. The van der Waals surface area contributed by atoms with Crippen molar-refractivity contribution in [3.05, 3.63) is 91.0 Å². The van der Waals surface area contributed by atoms with E-state index in [2.05, 4.69) is 66.0 Å². The standard InChI is InChI=1S/C22H18N2/c23-22-19(17-8-2-1-3-9-17)13-7-15-21(22)24-20-14-6-11-16-10-4-5-12-18(16)20/h1-15,24H,23H2. The van der Waals surface area contributed by atoms with Crippen molar-refractivity contribution in [1.82, 2.24) is 0 Å². The number of hydrogen-bond donors (Lipinski definition) is 2. The molecule has 0 aliphatic carbocycles. The molecule has 0 aromatic heterocycles. The monoisotopic (exact) mass is 310 g/mol. The number of rotatable bonds is 3. The van der Waals surface area contributed by atoms with E-state index in [1.807, 2.05) is 30.3 Å². The molecule has 0 heterocycles. The first-order chi connectivity index (χ1) is 11.8. The predicted molar refractivity (Wildman–Crippen MR) is 104 cm³/mol. The highest BCUT2D eigenvalue weighted by molar-refractivity contribution is 5.97. The summed E-state index contributed by atoms with van der Waals surface area (Å²) in [5.41, 5.74) is 11.4. The fourth-order valence-corrected chi connectivity index (χ4v) is 3.02. The molecule has 116 valence electrons. The molecule has 0 aliphatic heterocycles. The Morgan fingerprint density at radius 2 is 1.25 bits per heavy atom. The predicted octanol–water partition coefficient (Wildman–Crippen LogP) is 5.83. The fourth-order valence-electron chi connectivity index (χ4n) is 3.02. The number of anilines is 3. The topological polar surface area (TPSA) is 38.0 Å². The lowest BCUT2D eigenvalue weighted by atomic mass is 10.0. The van der Waals surface area contributed by atoms with Crippen LogP contribution in [0, 0.1) is 0 Å². The molecule has 0 unspecified atom stereocenters. The number of nitrogen functional groups attached to an aromatic ring is 1. The molecule has 24 heavy (non-hydrogen) atoms. The van der Waals surface area contributed by atoms with Gasteiger partial charge in [0.2, 0.25) is 0 Å². The van der Waals surface area contributed by atoms with Gasteiger partial charge in [-0.3, -0.25) is 0 Å². The van der Waals surface area contributed by atoms with Crippen LogP contribution in [0.5, 0.6) is 0 Å². The van der Waals surface area contributed by atoms with Crippen LogP contribution < -0.4 is 11.1 Å². The molecule has 0 saturated carbocycles. The molecule has 0 radical (unpaired) electrons. The van der Waals surface area contributed by atoms with Gasteiger partial charge in [-0.25, -0.2) is 0 Å². The second-order valence-electron chi connectivity index (χ2n) is 5.78. The van der Waals surface area contributed by atoms with Crippen molar-refractivity contribution in [2.75, 3.05) is 11.1 Å². The molecule has 0 fully saturated rings. The highest BCUT2D eigenvalue weighted by Gasteiger charge is 2.08. The smallest absolute Gasteiger partial charge is 0.0633 e. The van der Waals surface area contributed by atoms with E-state index < -0.39 is 0 Å². The largest absolute Gasteiger partial charge is 0.397 e. The third kappa shape index (κ3) is 2.59. The van der Waals surface area contributed by atoms with Crippen LogP contribution in [0.4, 0.5) is 17.1 Å². The van der Waals surface area contributed by atoms with Crippen molar-refractivity contribution in [1.29, 1.82) is 0 Å². The van der Waals surface area contributed by atoms with Gasteiger partial charge in [-0.1, -0.05) is 78.9 Å². The van der Waals surface area contributed by atoms with E-state index in [1.165, 1.54) is 10.8 Å². The molecule has 2 nitrogen and oxygen atoms in total. The van der Waals surface area contributed by atoms with Crippen LogP contribution >= 0.6 is 0 Å². The molecule has 0 bridgehead atoms. The van der Waals surface area contributed by atoms with Crippen molar-refractivity contribution >= 4 is 27.8 Å². The van der Waals surface area contributed by atoms with Crippen molar-refractivity contribution in [3.63, 3.8) is 0 Å². The number of nitrogens with one attached hydrogen (secondary N) is 1. The zero-order valence-corrected chi connectivity index (χ0v) is 13.2. The average molecular weight is 310 g/mol. The summed E-state index contributed by atoms with van der Waals surface area (Å²) in [6.07, 6.45) is 0. The van der Waals surface area contributed by atoms with E-state index in [4.69, 9.17) is 5.73 Å². The Balaban J connectivity index is 1.78. The average Bonchev–Trinajstić information content (AvgIpc) is 2.64. The molecular weight excluding hydrogens is 292 g/mol. The molecule has 0 amide bonds. The molecule has 4 aromatic rings. The maximum absolute atomic E-state index is 6.44. The Morgan fingerprint density at radius 3 is 2.12 bits per heavy atom. The summed E-state index contributed by atoms with van der Waals surface area (Å²) in [5.74, 6) is 0. The molecule has 0 atom stereocenters. The van der Waals surface area contributed by atoms with Crippen molar-refractivity contribution in [2.45, 2.75) is 0 Å². The first kappa shape index (κ1) is 14.3. The minimum Gasteiger partial charge on any atom is -0.397 e. The van der Waals surface area contributed by atoms with Crippen molar-refractivity contribution < 1.29 is 0 Å². The Bertz CT molecular complexity index is 986. The maximum atomic E-state index is 6.44. The number of nitrogens with two attached hydrogens (primary N) is 1. The van der Waals surface area contributed by atoms with E-state index in [0.717, 1.165) is 28.2 Å². The summed E-state index contributed by atoms with van der Waals surface area (Å²) in [6.45, 7) is 0. The van der Waals surface area contributed by atoms with Gasteiger partial charge in [0.25, 0.3) is 0 Å². The lowest BCUT2D eigenvalue weighted by Gasteiger charge is -2.15. The van der Waals surface area contributed by atoms with Gasteiger partial charge in [-0.2, -0.15) is 0 Å². The van der Waals surface area contributed by atoms with Crippen LogP contribution in [0.1, 0.15) is 0 Å². The van der Waals surface area contributed by atoms with Crippen LogP contribution in [0.15, 0.2) is 91.0 Å². The van der Waals surface area contributed by atoms with Gasteiger partial charge in [-0.15, -0.1) is 0 Å². The second kappa shape index (κ2) is 6.09. The van der Waals surface area contributed by atoms with Crippen molar-refractivity contribution in [3.8, 4) is 11.1 Å². The molecule has 0 aliphatic rings. The normalized spacial score (nSPS) is 10.7. The zero-order valence-electron chi connectivity index (χ0n) is 13.2. The van der Waals surface area contributed by atoms with Gasteiger partial charge >= 0.3 is 0 Å². The van der Waals surface area contributed by atoms with E-state index in [0.29, 0.717) is 0 Å². The molecule has 4 rings (SSSR count). The summed E-state index contributed by atoms with van der Waals surface area (Å²) in [4.78, 5) is 0. The highest BCUT2D eigenvalue weighted by atomic mass is 14.9. The van der Waals surface area contributed by atoms with Crippen LogP contribution in [0.3, 0.4) is 0 Å². The molecule has 2 heteroatoms. The third-order valence-corrected chi connectivity index (χ3v) is 4.25. The van der Waals surface area contributed by atoms with Crippen LogP contribution in [0.25, 0.3) is 21.9 Å². The Morgan fingerprint density at radius 1 is 0.583 bits per heavy atom. The number of fused-ring (bicyclic) bond motifs is 1.